The van der Waals surface area contributed by atoms with Gasteiger partial charge in [-0.25, -0.2) is 13.2 Å². The summed E-state index contributed by atoms with van der Waals surface area (Å²) in [7, 11) is -0.310. The van der Waals surface area contributed by atoms with Gasteiger partial charge in [0.1, 0.15) is 5.00 Å². The lowest BCUT2D eigenvalue weighted by Gasteiger charge is -2.39. The quantitative estimate of drug-likeness (QED) is 0.490. The fraction of sp³-hybridized carbons (Fsp3) is 0.536. The van der Waals surface area contributed by atoms with Crippen molar-refractivity contribution in [3.8, 4) is 0 Å². The highest BCUT2D eigenvalue weighted by molar-refractivity contribution is 7.89. The van der Waals surface area contributed by atoms with Crippen molar-refractivity contribution >= 4 is 44.2 Å². The molecule has 2 aliphatic heterocycles. The predicted octanol–water partition coefficient (Wildman–Crippen LogP) is 3.65. The SMILES string of the molecule is CNC(=O)NC(=O)c1c(NC(=O)c2ccc(S(=O)(=O)N3CC4(C)CC3CC(C)(C)C4)cc2)sc2c1CCN(C)C2. The first-order valence-electron chi connectivity index (χ1n) is 13.5. The summed E-state index contributed by atoms with van der Waals surface area (Å²) in [5.41, 5.74) is 1.45. The van der Waals surface area contributed by atoms with Gasteiger partial charge in [0.2, 0.25) is 10.0 Å². The number of carbonyl (C=O) groups is 3. The minimum Gasteiger partial charge on any atom is -0.341 e. The van der Waals surface area contributed by atoms with Crippen LogP contribution in [0.3, 0.4) is 0 Å². The number of fused-ring (bicyclic) bond motifs is 3. The van der Waals surface area contributed by atoms with Gasteiger partial charge in [0, 0.05) is 43.2 Å². The zero-order valence-electron chi connectivity index (χ0n) is 23.6. The molecule has 10 nitrogen and oxygen atoms in total. The second-order valence-corrected chi connectivity index (χ2v) is 15.5. The highest BCUT2D eigenvalue weighted by Crippen LogP contribution is 2.53. The van der Waals surface area contributed by atoms with Crippen molar-refractivity contribution in [3.05, 3.63) is 45.8 Å². The first kappa shape index (κ1) is 28.7. The maximum absolute atomic E-state index is 13.6. The minimum absolute atomic E-state index is 0.0232. The van der Waals surface area contributed by atoms with Crippen LogP contribution in [0.25, 0.3) is 0 Å². The minimum atomic E-state index is -3.71. The van der Waals surface area contributed by atoms with Crippen LogP contribution in [0.5, 0.6) is 0 Å². The van der Waals surface area contributed by atoms with Crippen LogP contribution >= 0.6 is 11.3 Å². The Hall–Kier alpha value is -2.80. The Bertz CT molecular complexity index is 1470. The number of hydrogen-bond acceptors (Lipinski definition) is 7. The van der Waals surface area contributed by atoms with Crippen LogP contribution in [-0.2, 0) is 23.0 Å². The molecule has 2 bridgehead atoms. The number of nitrogens with one attached hydrogen (secondary N) is 3. The van der Waals surface area contributed by atoms with Gasteiger partial charge in [-0.1, -0.05) is 20.8 Å². The molecule has 216 valence electrons. The van der Waals surface area contributed by atoms with E-state index in [-0.39, 0.29) is 27.3 Å². The molecule has 1 aromatic carbocycles. The van der Waals surface area contributed by atoms with E-state index < -0.39 is 27.9 Å². The Morgan fingerprint density at radius 1 is 1.05 bits per heavy atom. The summed E-state index contributed by atoms with van der Waals surface area (Å²) in [5.74, 6) is -1.04. The molecular formula is C28H37N5O5S2. The lowest BCUT2D eigenvalue weighted by atomic mass is 9.65. The largest absolute Gasteiger partial charge is 0.341 e. The van der Waals surface area contributed by atoms with E-state index in [0.717, 1.165) is 36.2 Å². The van der Waals surface area contributed by atoms with E-state index in [4.69, 9.17) is 0 Å². The molecule has 12 heteroatoms. The summed E-state index contributed by atoms with van der Waals surface area (Å²) in [5, 5.41) is 7.88. The van der Waals surface area contributed by atoms with E-state index in [2.05, 4.69) is 41.6 Å². The molecule has 1 aromatic heterocycles. The Kier molecular flexibility index (Phi) is 7.35. The monoisotopic (exact) mass is 587 g/mol. The number of thiophene rings is 1. The second kappa shape index (κ2) is 10.2. The lowest BCUT2D eigenvalue weighted by Crippen LogP contribution is -2.38. The Labute approximate surface area is 239 Å². The predicted molar refractivity (Wildman–Crippen MR) is 154 cm³/mol. The van der Waals surface area contributed by atoms with Crippen LogP contribution in [0.2, 0.25) is 0 Å². The molecule has 40 heavy (non-hydrogen) atoms. The third-order valence-electron chi connectivity index (χ3n) is 8.25. The van der Waals surface area contributed by atoms with Crippen LogP contribution in [-0.4, -0.2) is 68.7 Å². The summed E-state index contributed by atoms with van der Waals surface area (Å²) >= 11 is 1.32. The van der Waals surface area contributed by atoms with Crippen LogP contribution in [0.15, 0.2) is 29.2 Å². The normalized spacial score (nSPS) is 24.3. The van der Waals surface area contributed by atoms with Crippen LogP contribution in [0.4, 0.5) is 9.80 Å². The molecule has 3 heterocycles. The fourth-order valence-corrected chi connectivity index (χ4v) is 9.96. The maximum atomic E-state index is 13.6. The smallest absolute Gasteiger partial charge is 0.321 e. The number of carbonyl (C=O) groups excluding carboxylic acids is 3. The number of nitrogens with zero attached hydrogens (tertiary/aromatic N) is 2. The molecule has 2 atom stereocenters. The van der Waals surface area contributed by atoms with Crippen molar-refractivity contribution < 1.29 is 22.8 Å². The zero-order chi connectivity index (χ0) is 29.0. The summed E-state index contributed by atoms with van der Waals surface area (Å²) in [6.07, 6.45) is 3.31. The maximum Gasteiger partial charge on any atom is 0.321 e. The van der Waals surface area contributed by atoms with E-state index in [1.807, 2.05) is 7.05 Å². The van der Waals surface area contributed by atoms with Gasteiger partial charge in [0.15, 0.2) is 0 Å². The highest BCUT2D eigenvalue weighted by atomic mass is 32.2. The summed E-state index contributed by atoms with van der Waals surface area (Å²) in [4.78, 5) is 41.3. The summed E-state index contributed by atoms with van der Waals surface area (Å²) < 4.78 is 28.9. The number of imide groups is 1. The van der Waals surface area contributed by atoms with Crippen molar-refractivity contribution in [1.29, 1.82) is 0 Å². The van der Waals surface area contributed by atoms with Gasteiger partial charge in [-0.05, 0) is 73.4 Å². The van der Waals surface area contributed by atoms with Gasteiger partial charge in [-0.2, -0.15) is 4.31 Å². The van der Waals surface area contributed by atoms with Crippen molar-refractivity contribution in [3.63, 3.8) is 0 Å². The number of hydrogen-bond donors (Lipinski definition) is 3. The van der Waals surface area contributed by atoms with Crippen molar-refractivity contribution in [2.45, 2.75) is 63.9 Å². The number of amides is 4. The average molecular weight is 588 g/mol. The van der Waals surface area contributed by atoms with Crippen molar-refractivity contribution in [2.75, 3.05) is 32.5 Å². The Morgan fingerprint density at radius 2 is 1.75 bits per heavy atom. The Morgan fingerprint density at radius 3 is 2.42 bits per heavy atom. The topological polar surface area (TPSA) is 128 Å². The van der Waals surface area contributed by atoms with E-state index in [1.54, 1.807) is 4.31 Å². The van der Waals surface area contributed by atoms with Gasteiger partial charge in [0.05, 0.1) is 10.5 Å². The number of likely N-dealkylation sites (N-methyl/N-ethyl adjacent to an activating group) is 1. The lowest BCUT2D eigenvalue weighted by molar-refractivity contribution is 0.0964. The summed E-state index contributed by atoms with van der Waals surface area (Å²) in [6, 6.07) is 5.31. The number of urea groups is 1. The number of benzene rings is 1. The van der Waals surface area contributed by atoms with Crippen LogP contribution < -0.4 is 16.0 Å². The molecule has 3 aliphatic rings. The molecule has 1 saturated carbocycles. The number of rotatable bonds is 5. The molecule has 5 rings (SSSR count). The van der Waals surface area contributed by atoms with Gasteiger partial charge in [-0.15, -0.1) is 11.3 Å². The van der Waals surface area contributed by atoms with E-state index in [9.17, 15) is 22.8 Å². The highest BCUT2D eigenvalue weighted by Gasteiger charge is 2.53. The summed E-state index contributed by atoms with van der Waals surface area (Å²) in [6.45, 7) is 8.48. The first-order chi connectivity index (χ1) is 18.7. The molecule has 0 radical (unpaired) electrons. The molecule has 3 N–H and O–H groups in total. The molecule has 0 spiro atoms. The van der Waals surface area contributed by atoms with Gasteiger partial charge < -0.3 is 15.5 Å². The molecule has 2 aromatic rings. The van der Waals surface area contributed by atoms with Crippen LogP contribution in [0.1, 0.15) is 71.2 Å². The Balaban J connectivity index is 1.36. The van der Waals surface area contributed by atoms with E-state index in [0.29, 0.717) is 30.1 Å². The fourth-order valence-electron chi connectivity index (χ4n) is 6.87. The third kappa shape index (κ3) is 5.41. The molecule has 2 fully saturated rings. The second-order valence-electron chi connectivity index (χ2n) is 12.5. The standard InChI is InChI=1S/C28H37N5O5S2/c1-27(2)12-18-13-28(3,15-27)16-33(18)40(37,38)19-8-6-17(7-9-19)23(34)30-25-22(24(35)31-26(36)29-4)20-10-11-32(5)14-21(20)39-25/h6-9,18H,10-16H2,1-5H3,(H,30,34)(H2,29,31,35,36). The molecule has 2 unspecified atom stereocenters. The van der Waals surface area contributed by atoms with Crippen LogP contribution in [0, 0.1) is 10.8 Å². The molecule has 1 aliphatic carbocycles. The average Bonchev–Trinajstić information content (AvgIpc) is 3.35. The molecule has 4 amide bonds. The zero-order valence-corrected chi connectivity index (χ0v) is 25.2. The first-order valence-corrected chi connectivity index (χ1v) is 15.8. The van der Waals surface area contributed by atoms with Gasteiger partial charge in [0.25, 0.3) is 11.8 Å². The van der Waals surface area contributed by atoms with Crippen molar-refractivity contribution in [1.82, 2.24) is 19.8 Å². The molecular weight excluding hydrogens is 550 g/mol. The van der Waals surface area contributed by atoms with Gasteiger partial charge in [-0.3, -0.25) is 14.9 Å². The van der Waals surface area contributed by atoms with E-state index in [1.165, 1.54) is 42.6 Å². The number of sulfonamides is 1. The van der Waals surface area contributed by atoms with Crippen molar-refractivity contribution in [2.24, 2.45) is 10.8 Å². The molecule has 1 saturated heterocycles. The third-order valence-corrected chi connectivity index (χ3v) is 11.3. The van der Waals surface area contributed by atoms with Gasteiger partial charge >= 0.3 is 6.03 Å². The number of anilines is 1. The van der Waals surface area contributed by atoms with E-state index >= 15 is 0 Å².